The number of aromatic amines is 1. The monoisotopic (exact) mass is 454 g/mol. The van der Waals surface area contributed by atoms with E-state index in [2.05, 4.69) is 4.98 Å². The first-order valence-corrected chi connectivity index (χ1v) is 11.4. The molecule has 0 saturated heterocycles. The molecule has 2 N–H and O–H groups in total. The Morgan fingerprint density at radius 2 is 1.41 bits per heavy atom. The smallest absolute Gasteiger partial charge is 0.330 e. The lowest BCUT2D eigenvalue weighted by molar-refractivity contribution is -0.164. The molecular weight excluding hydrogens is 424 g/mol. The minimum Gasteiger partial charge on any atom is -0.479 e. The molecular formula is C29H30N2O3. The first kappa shape index (κ1) is 23.3. The fourth-order valence-corrected chi connectivity index (χ4v) is 5.06. The molecule has 1 heterocycles. The Labute approximate surface area is 200 Å². The fourth-order valence-electron chi connectivity index (χ4n) is 5.06. The summed E-state index contributed by atoms with van der Waals surface area (Å²) in [4.78, 5) is 31.1. The van der Waals surface area contributed by atoms with Crippen molar-refractivity contribution in [2.75, 3.05) is 0 Å². The number of nitrogens with one attached hydrogen (secondary N) is 1. The standard InChI is InChI=1S/C29H30N2O3/c1-21(32)31(20-23-14-8-5-9-15-23)29(3,27(33)34)28(2,18-22-12-6-4-7-13-22)25-19-30-26-17-11-10-16-24(25)26/h4-17,19,30H,18,20H2,1-3H3,(H,33,34)/t28?,29-/m0/s1. The predicted octanol–water partition coefficient (Wildman–Crippen LogP) is 5.56. The highest BCUT2D eigenvalue weighted by atomic mass is 16.4. The zero-order valence-corrected chi connectivity index (χ0v) is 19.8. The molecule has 5 nitrogen and oxygen atoms in total. The summed E-state index contributed by atoms with van der Waals surface area (Å²) in [6.45, 7) is 5.29. The molecule has 0 saturated carbocycles. The molecule has 0 fully saturated rings. The molecule has 3 aromatic carbocycles. The number of hydrogen-bond acceptors (Lipinski definition) is 2. The van der Waals surface area contributed by atoms with Crippen LogP contribution in [0.15, 0.2) is 91.1 Å². The Morgan fingerprint density at radius 3 is 2.00 bits per heavy atom. The van der Waals surface area contributed by atoms with E-state index in [1.807, 2.05) is 98.0 Å². The molecule has 0 radical (unpaired) electrons. The van der Waals surface area contributed by atoms with Gasteiger partial charge in [0.1, 0.15) is 5.54 Å². The van der Waals surface area contributed by atoms with Crippen LogP contribution in [-0.4, -0.2) is 32.4 Å². The minimum absolute atomic E-state index is 0.200. The second-order valence-electron chi connectivity index (χ2n) is 9.21. The van der Waals surface area contributed by atoms with Crippen molar-refractivity contribution in [3.63, 3.8) is 0 Å². The molecule has 0 bridgehead atoms. The summed E-state index contributed by atoms with van der Waals surface area (Å²) < 4.78 is 0. The van der Waals surface area contributed by atoms with Crippen LogP contribution in [-0.2, 0) is 28.0 Å². The van der Waals surface area contributed by atoms with Gasteiger partial charge in [-0.2, -0.15) is 0 Å². The number of fused-ring (bicyclic) bond motifs is 1. The molecule has 0 aliphatic carbocycles. The van der Waals surface area contributed by atoms with Gasteiger partial charge in [0.2, 0.25) is 5.91 Å². The molecule has 0 spiro atoms. The maximum absolute atomic E-state index is 13.2. The molecule has 1 unspecified atom stereocenters. The van der Waals surface area contributed by atoms with Gasteiger partial charge in [-0.3, -0.25) is 4.79 Å². The summed E-state index contributed by atoms with van der Waals surface area (Å²) in [6, 6.07) is 27.3. The van der Waals surface area contributed by atoms with Crippen LogP contribution in [0.1, 0.15) is 37.5 Å². The quantitative estimate of drug-likeness (QED) is 0.366. The van der Waals surface area contributed by atoms with E-state index >= 15 is 0 Å². The Hall–Kier alpha value is -3.86. The van der Waals surface area contributed by atoms with E-state index in [-0.39, 0.29) is 12.5 Å². The zero-order valence-electron chi connectivity index (χ0n) is 19.8. The van der Waals surface area contributed by atoms with Crippen molar-refractivity contribution in [2.24, 2.45) is 0 Å². The fraction of sp³-hybridized carbons (Fsp3) is 0.241. The summed E-state index contributed by atoms with van der Waals surface area (Å²) in [5.74, 6) is -1.32. The minimum atomic E-state index is -1.55. The molecule has 1 aromatic heterocycles. The van der Waals surface area contributed by atoms with Crippen molar-refractivity contribution < 1.29 is 14.7 Å². The van der Waals surface area contributed by atoms with Crippen LogP contribution in [0.3, 0.4) is 0 Å². The first-order chi connectivity index (χ1) is 16.3. The van der Waals surface area contributed by atoms with Gasteiger partial charge in [0.25, 0.3) is 0 Å². The van der Waals surface area contributed by atoms with Crippen LogP contribution in [0.2, 0.25) is 0 Å². The highest BCUT2D eigenvalue weighted by molar-refractivity contribution is 5.91. The number of aliphatic carboxylic acids is 1. The Bertz CT molecular complexity index is 1300. The maximum atomic E-state index is 13.2. The number of carbonyl (C=O) groups is 2. The number of benzene rings is 3. The zero-order chi connectivity index (χ0) is 24.3. The van der Waals surface area contributed by atoms with Crippen molar-refractivity contribution in [1.82, 2.24) is 9.88 Å². The third-order valence-corrected chi connectivity index (χ3v) is 7.18. The van der Waals surface area contributed by atoms with Crippen molar-refractivity contribution in [3.05, 3.63) is 108 Å². The Morgan fingerprint density at radius 1 is 0.853 bits per heavy atom. The number of carbonyl (C=O) groups excluding carboxylic acids is 1. The number of aromatic nitrogens is 1. The number of nitrogens with zero attached hydrogens (tertiary/aromatic N) is 1. The summed E-state index contributed by atoms with van der Waals surface area (Å²) >= 11 is 0. The largest absolute Gasteiger partial charge is 0.479 e. The van der Waals surface area contributed by atoms with Gasteiger partial charge in [-0.25, -0.2) is 4.79 Å². The van der Waals surface area contributed by atoms with Crippen molar-refractivity contribution in [2.45, 2.75) is 44.7 Å². The molecule has 174 valence electrons. The first-order valence-electron chi connectivity index (χ1n) is 11.4. The summed E-state index contributed by atoms with van der Waals surface area (Å²) in [7, 11) is 0. The van der Waals surface area contributed by atoms with Crippen LogP contribution in [0.4, 0.5) is 0 Å². The lowest BCUT2D eigenvalue weighted by Crippen LogP contribution is -2.65. The van der Waals surface area contributed by atoms with E-state index in [9.17, 15) is 14.7 Å². The van der Waals surface area contributed by atoms with Crippen LogP contribution < -0.4 is 0 Å². The molecule has 1 amide bonds. The summed E-state index contributed by atoms with van der Waals surface area (Å²) in [5, 5.41) is 11.8. The number of amides is 1. The second kappa shape index (κ2) is 9.18. The summed E-state index contributed by atoms with van der Waals surface area (Å²) in [5.41, 5.74) is 1.19. The number of rotatable bonds is 8. The van der Waals surface area contributed by atoms with Gasteiger partial charge in [-0.05, 0) is 36.1 Å². The van der Waals surface area contributed by atoms with Crippen molar-refractivity contribution in [1.29, 1.82) is 0 Å². The van der Waals surface area contributed by atoms with Crippen molar-refractivity contribution in [3.8, 4) is 0 Å². The number of hydrogen-bond donors (Lipinski definition) is 2. The topological polar surface area (TPSA) is 73.4 Å². The van der Waals surface area contributed by atoms with Gasteiger partial charge in [-0.15, -0.1) is 0 Å². The third kappa shape index (κ3) is 3.98. The molecule has 4 aromatic rings. The van der Waals surface area contributed by atoms with Gasteiger partial charge in [0.05, 0.1) is 0 Å². The number of H-pyrrole nitrogens is 1. The second-order valence-corrected chi connectivity index (χ2v) is 9.21. The Balaban J connectivity index is 1.95. The van der Waals surface area contributed by atoms with E-state index in [0.29, 0.717) is 6.42 Å². The number of carboxylic acids is 1. The molecule has 34 heavy (non-hydrogen) atoms. The van der Waals surface area contributed by atoms with Gasteiger partial charge >= 0.3 is 5.97 Å². The molecule has 0 aliphatic rings. The van der Waals surface area contributed by atoms with Crippen LogP contribution in [0.5, 0.6) is 0 Å². The van der Waals surface area contributed by atoms with E-state index in [4.69, 9.17) is 0 Å². The van der Waals surface area contributed by atoms with E-state index in [0.717, 1.165) is 27.6 Å². The van der Waals surface area contributed by atoms with Crippen LogP contribution >= 0.6 is 0 Å². The predicted molar refractivity (Wildman–Crippen MR) is 135 cm³/mol. The highest BCUT2D eigenvalue weighted by Crippen LogP contribution is 2.45. The van der Waals surface area contributed by atoms with Gasteiger partial charge in [-0.1, -0.05) is 85.8 Å². The average molecular weight is 455 g/mol. The average Bonchev–Trinajstić information content (AvgIpc) is 3.28. The van der Waals surface area contributed by atoms with Gasteiger partial charge in [0.15, 0.2) is 0 Å². The van der Waals surface area contributed by atoms with E-state index < -0.39 is 16.9 Å². The molecule has 4 rings (SSSR count). The normalized spacial score (nSPS) is 14.8. The number of para-hydroxylation sites is 1. The molecule has 2 atom stereocenters. The van der Waals surface area contributed by atoms with E-state index in [1.165, 1.54) is 11.8 Å². The lowest BCUT2D eigenvalue weighted by atomic mass is 9.63. The maximum Gasteiger partial charge on any atom is 0.330 e. The van der Waals surface area contributed by atoms with E-state index in [1.54, 1.807) is 6.92 Å². The summed E-state index contributed by atoms with van der Waals surface area (Å²) in [6.07, 6.45) is 2.34. The molecule has 5 heteroatoms. The Kier molecular flexibility index (Phi) is 6.29. The molecule has 0 aliphatic heterocycles. The SMILES string of the molecule is CC(=O)N(Cc1ccccc1)[C@@](C)(C(=O)O)C(C)(Cc1ccccc1)c1c[nH]c2ccccc12. The van der Waals surface area contributed by atoms with Gasteiger partial charge in [0, 0.05) is 36.0 Å². The van der Waals surface area contributed by atoms with Gasteiger partial charge < -0.3 is 15.0 Å². The number of carboxylic acid groups (broad SMARTS) is 1. The van der Waals surface area contributed by atoms with Crippen LogP contribution in [0.25, 0.3) is 10.9 Å². The van der Waals surface area contributed by atoms with Crippen LogP contribution in [0, 0.1) is 0 Å². The third-order valence-electron chi connectivity index (χ3n) is 7.18. The lowest BCUT2D eigenvalue weighted by Gasteiger charge is -2.50. The van der Waals surface area contributed by atoms with Crippen molar-refractivity contribution >= 4 is 22.8 Å². The highest BCUT2D eigenvalue weighted by Gasteiger charge is 2.57.